The van der Waals surface area contributed by atoms with Crippen LogP contribution < -0.4 is 9.47 Å². The Bertz CT molecular complexity index is 689. The van der Waals surface area contributed by atoms with Gasteiger partial charge in [0.2, 0.25) is 6.10 Å². The second kappa shape index (κ2) is 5.91. The third kappa shape index (κ3) is 3.57. The van der Waals surface area contributed by atoms with Crippen LogP contribution in [0.15, 0.2) is 23.8 Å². The summed E-state index contributed by atoms with van der Waals surface area (Å²) in [7, 11) is 0. The van der Waals surface area contributed by atoms with E-state index in [2.05, 4.69) is 9.47 Å². The van der Waals surface area contributed by atoms with Gasteiger partial charge >= 0.3 is 18.5 Å². The van der Waals surface area contributed by atoms with E-state index in [1.165, 1.54) is 6.92 Å². The molecule has 1 unspecified atom stereocenters. The van der Waals surface area contributed by atoms with Gasteiger partial charge in [-0.2, -0.15) is 13.2 Å². The number of allylic oxidation sites excluding steroid dienone is 1. The van der Waals surface area contributed by atoms with Crippen LogP contribution in [0.2, 0.25) is 0 Å². The van der Waals surface area contributed by atoms with E-state index in [1.54, 1.807) is 0 Å². The van der Waals surface area contributed by atoms with E-state index in [9.17, 15) is 31.1 Å². The summed E-state index contributed by atoms with van der Waals surface area (Å²) < 4.78 is 84.4. The van der Waals surface area contributed by atoms with E-state index >= 15 is 0 Å². The molecule has 1 aromatic rings. The molecule has 0 saturated carbocycles. The number of fused-ring (bicyclic) bond motifs is 1. The van der Waals surface area contributed by atoms with Gasteiger partial charge in [0.1, 0.15) is 11.5 Å². The van der Waals surface area contributed by atoms with Crippen LogP contribution in [0, 0.1) is 0 Å². The van der Waals surface area contributed by atoms with Crippen LogP contribution in [0.1, 0.15) is 18.9 Å². The second-order valence-electron chi connectivity index (χ2n) is 4.80. The number of ether oxygens (including phenoxy) is 2. The van der Waals surface area contributed by atoms with Crippen molar-refractivity contribution < 1.29 is 45.7 Å². The van der Waals surface area contributed by atoms with Crippen molar-refractivity contribution in [1.29, 1.82) is 0 Å². The molecular weight excluding hydrogens is 346 g/mol. The molecule has 1 aliphatic rings. The maximum atomic E-state index is 13.1. The van der Waals surface area contributed by atoms with Crippen molar-refractivity contribution in [2.75, 3.05) is 0 Å². The first-order valence-corrected chi connectivity index (χ1v) is 6.54. The molecule has 0 amide bonds. The van der Waals surface area contributed by atoms with Gasteiger partial charge in [-0.15, -0.1) is 13.2 Å². The lowest BCUT2D eigenvalue weighted by molar-refractivity contribution is -0.274. The summed E-state index contributed by atoms with van der Waals surface area (Å²) in [6.07, 6.45) is -12.8. The van der Waals surface area contributed by atoms with Crippen LogP contribution in [0.5, 0.6) is 11.5 Å². The Morgan fingerprint density at radius 1 is 1.25 bits per heavy atom. The molecule has 24 heavy (non-hydrogen) atoms. The number of hydrogen-bond donors (Lipinski definition) is 1. The van der Waals surface area contributed by atoms with Gasteiger partial charge < -0.3 is 14.6 Å². The highest BCUT2D eigenvalue weighted by atomic mass is 19.4. The molecule has 0 aromatic heterocycles. The first-order valence-electron chi connectivity index (χ1n) is 6.54. The Hall–Kier alpha value is -2.39. The van der Waals surface area contributed by atoms with Crippen LogP contribution in [0.25, 0.3) is 5.57 Å². The number of alkyl halides is 6. The molecule has 132 valence electrons. The monoisotopic (exact) mass is 356 g/mol. The summed E-state index contributed by atoms with van der Waals surface area (Å²) in [6, 6.07) is 2.47. The Labute approximate surface area is 131 Å². The first kappa shape index (κ1) is 18.0. The SMILES string of the molecule is CCC1=C(C(=O)O)C(C(F)(F)F)Oc2ccc(OC(F)(F)F)cc21. The predicted molar refractivity (Wildman–Crippen MR) is 68.4 cm³/mol. The molecule has 0 spiro atoms. The highest BCUT2D eigenvalue weighted by Gasteiger charge is 2.50. The highest BCUT2D eigenvalue weighted by Crippen LogP contribution is 2.44. The number of carboxylic acids is 1. The second-order valence-corrected chi connectivity index (χ2v) is 4.80. The van der Waals surface area contributed by atoms with Gasteiger partial charge in [0.25, 0.3) is 0 Å². The standard InChI is InChI=1S/C14H10F6O4/c1-2-7-8-5-6(24-14(18,19)20)3-4-9(8)23-11(13(15,16)17)10(7)12(21)22/h3-5,11H,2H2,1H3,(H,21,22). The Morgan fingerprint density at radius 3 is 2.33 bits per heavy atom. The molecule has 0 bridgehead atoms. The number of halogens is 6. The maximum Gasteiger partial charge on any atom is 0.573 e. The molecule has 1 aliphatic heterocycles. The number of carboxylic acid groups (broad SMARTS) is 1. The number of benzene rings is 1. The van der Waals surface area contributed by atoms with Crippen LogP contribution in [0.3, 0.4) is 0 Å². The lowest BCUT2D eigenvalue weighted by Crippen LogP contribution is -2.41. The largest absolute Gasteiger partial charge is 0.573 e. The zero-order valence-electron chi connectivity index (χ0n) is 12.0. The minimum atomic E-state index is -5.00. The van der Waals surface area contributed by atoms with Crippen molar-refractivity contribution in [1.82, 2.24) is 0 Å². The zero-order chi connectivity index (χ0) is 18.3. The first-order chi connectivity index (χ1) is 10.9. The fourth-order valence-corrected chi connectivity index (χ4v) is 2.39. The van der Waals surface area contributed by atoms with Gasteiger partial charge in [0.15, 0.2) is 0 Å². The van der Waals surface area contributed by atoms with Gasteiger partial charge in [-0.3, -0.25) is 0 Å². The fourth-order valence-electron chi connectivity index (χ4n) is 2.39. The van der Waals surface area contributed by atoms with Crippen molar-refractivity contribution in [2.45, 2.75) is 32.0 Å². The highest BCUT2D eigenvalue weighted by molar-refractivity contribution is 5.99. The number of carbonyl (C=O) groups is 1. The Balaban J connectivity index is 2.61. The smallest absolute Gasteiger partial charge is 0.478 e. The summed E-state index contributed by atoms with van der Waals surface area (Å²) >= 11 is 0. The molecule has 0 radical (unpaired) electrons. The summed E-state index contributed by atoms with van der Waals surface area (Å²) in [5, 5.41) is 9.11. The van der Waals surface area contributed by atoms with Gasteiger partial charge in [0, 0.05) is 5.56 Å². The van der Waals surface area contributed by atoms with E-state index in [0.29, 0.717) is 0 Å². The number of rotatable bonds is 3. The topological polar surface area (TPSA) is 55.8 Å². The van der Waals surface area contributed by atoms with E-state index in [0.717, 1.165) is 18.2 Å². The van der Waals surface area contributed by atoms with Crippen molar-refractivity contribution in [3.63, 3.8) is 0 Å². The molecular formula is C14H10F6O4. The lowest BCUT2D eigenvalue weighted by Gasteiger charge is -2.30. The van der Waals surface area contributed by atoms with Gasteiger partial charge in [-0.1, -0.05) is 6.92 Å². The number of hydrogen-bond acceptors (Lipinski definition) is 3. The minimum absolute atomic E-state index is 0.153. The molecule has 0 saturated heterocycles. The summed E-state index contributed by atoms with van der Waals surface area (Å²) in [4.78, 5) is 11.3. The van der Waals surface area contributed by atoms with Gasteiger partial charge in [-0.25, -0.2) is 4.79 Å². The minimum Gasteiger partial charge on any atom is -0.478 e. The summed E-state index contributed by atoms with van der Waals surface area (Å²) in [6.45, 7) is 1.39. The molecule has 1 N–H and O–H groups in total. The van der Waals surface area contributed by atoms with Crippen LogP contribution in [0.4, 0.5) is 26.3 Å². The van der Waals surface area contributed by atoms with Gasteiger partial charge in [0.05, 0.1) is 5.57 Å². The summed E-state index contributed by atoms with van der Waals surface area (Å²) in [5.41, 5.74) is -1.50. The third-order valence-electron chi connectivity index (χ3n) is 3.22. The van der Waals surface area contributed by atoms with Crippen molar-refractivity contribution in [3.05, 3.63) is 29.3 Å². The zero-order valence-corrected chi connectivity index (χ0v) is 12.0. The van der Waals surface area contributed by atoms with Gasteiger partial charge in [-0.05, 0) is 30.2 Å². The van der Waals surface area contributed by atoms with Crippen molar-refractivity contribution >= 4 is 11.5 Å². The fraction of sp³-hybridized carbons (Fsp3) is 0.357. The molecule has 2 rings (SSSR count). The van der Waals surface area contributed by atoms with Crippen LogP contribution >= 0.6 is 0 Å². The van der Waals surface area contributed by atoms with E-state index in [1.807, 2.05) is 0 Å². The quantitative estimate of drug-likeness (QED) is 0.827. The molecule has 1 heterocycles. The molecule has 1 aromatic carbocycles. The Kier molecular flexibility index (Phi) is 4.42. The van der Waals surface area contributed by atoms with E-state index in [4.69, 9.17) is 5.11 Å². The lowest BCUT2D eigenvalue weighted by atomic mass is 9.90. The Morgan fingerprint density at radius 2 is 1.88 bits per heavy atom. The maximum absolute atomic E-state index is 13.1. The molecule has 10 heteroatoms. The number of aliphatic carboxylic acids is 1. The average Bonchev–Trinajstić information content (AvgIpc) is 2.42. The molecule has 4 nitrogen and oxygen atoms in total. The van der Waals surface area contributed by atoms with E-state index in [-0.39, 0.29) is 23.3 Å². The molecule has 0 aliphatic carbocycles. The molecule has 1 atom stereocenters. The van der Waals surface area contributed by atoms with Crippen LogP contribution in [-0.2, 0) is 4.79 Å². The van der Waals surface area contributed by atoms with Crippen LogP contribution in [-0.4, -0.2) is 29.7 Å². The third-order valence-corrected chi connectivity index (χ3v) is 3.22. The average molecular weight is 356 g/mol. The van der Waals surface area contributed by atoms with Crippen molar-refractivity contribution in [2.24, 2.45) is 0 Å². The van der Waals surface area contributed by atoms with E-state index < -0.39 is 35.9 Å². The predicted octanol–water partition coefficient (Wildman–Crippen LogP) is 4.16. The molecule has 0 fully saturated rings. The van der Waals surface area contributed by atoms with Crippen molar-refractivity contribution in [3.8, 4) is 11.5 Å². The normalized spacial score (nSPS) is 18.0. The summed E-state index contributed by atoms with van der Waals surface area (Å²) in [5.74, 6) is -2.92.